The Hall–Kier alpha value is -0.570. The molecule has 0 unspecified atom stereocenters. The van der Waals surface area contributed by atoms with E-state index >= 15 is 0 Å². The van der Waals surface area contributed by atoms with Crippen LogP contribution >= 0.6 is 23.2 Å². The molecule has 1 aromatic rings. The van der Waals surface area contributed by atoms with Crippen LogP contribution in [0.25, 0.3) is 0 Å². The quantitative estimate of drug-likeness (QED) is 0.850. The normalized spacial score (nSPS) is 18.9. The third kappa shape index (κ3) is 3.71. The molecule has 0 saturated heterocycles. The maximum Gasteiger partial charge on any atom is 0.168 e. The molecule has 2 nitrogen and oxygen atoms in total. The molecule has 4 heteroatoms. The van der Waals surface area contributed by atoms with Crippen LogP contribution in [-0.2, 0) is 11.2 Å². The lowest BCUT2D eigenvalue weighted by molar-refractivity contribution is -0.138. The number of Topliss-reactive ketones (excluding diaryl/α,β-unsaturated/α-hetero) is 1. The highest BCUT2D eigenvalue weighted by Gasteiger charge is 2.35. The third-order valence-corrected chi connectivity index (χ3v) is 4.54. The van der Waals surface area contributed by atoms with Gasteiger partial charge in [0.25, 0.3) is 0 Å². The largest absolute Gasteiger partial charge is 0.382 e. The Labute approximate surface area is 123 Å². The zero-order valence-electron chi connectivity index (χ0n) is 10.8. The van der Waals surface area contributed by atoms with E-state index in [1.54, 1.807) is 18.2 Å². The highest BCUT2D eigenvalue weighted by Crippen LogP contribution is 2.30. The van der Waals surface area contributed by atoms with E-state index in [0.717, 1.165) is 31.2 Å². The summed E-state index contributed by atoms with van der Waals surface area (Å²) in [4.78, 5) is 12.3. The summed E-state index contributed by atoms with van der Waals surface area (Å²) < 4.78 is 0. The summed E-state index contributed by atoms with van der Waals surface area (Å²) >= 11 is 11.8. The second-order valence-electron chi connectivity index (χ2n) is 5.29. The first-order chi connectivity index (χ1) is 9.01. The van der Waals surface area contributed by atoms with Crippen molar-refractivity contribution >= 4 is 29.0 Å². The van der Waals surface area contributed by atoms with Crippen molar-refractivity contribution in [3.8, 4) is 0 Å². The second kappa shape index (κ2) is 6.25. The van der Waals surface area contributed by atoms with E-state index in [9.17, 15) is 9.90 Å². The maximum absolute atomic E-state index is 12.3. The molecule has 0 aromatic heterocycles. The van der Waals surface area contributed by atoms with Gasteiger partial charge in [0.1, 0.15) is 5.60 Å². The zero-order chi connectivity index (χ0) is 13.9. The Morgan fingerprint density at radius 3 is 2.32 bits per heavy atom. The summed E-state index contributed by atoms with van der Waals surface area (Å²) in [6.07, 6.45) is 5.41. The Balaban J connectivity index is 2.08. The maximum atomic E-state index is 12.3. The standard InChI is InChI=1S/C15H18Cl2O2/c16-12-6-5-11(9-13(12)17)10-14(18)15(19)7-3-1-2-4-8-15/h5-6,9,19H,1-4,7-8,10H2. The lowest BCUT2D eigenvalue weighted by Crippen LogP contribution is -2.39. The van der Waals surface area contributed by atoms with Gasteiger partial charge in [-0.2, -0.15) is 0 Å². The molecule has 2 rings (SSSR count). The molecule has 1 aliphatic rings. The van der Waals surface area contributed by atoms with Crippen molar-refractivity contribution in [3.63, 3.8) is 0 Å². The van der Waals surface area contributed by atoms with Crippen LogP contribution in [-0.4, -0.2) is 16.5 Å². The van der Waals surface area contributed by atoms with E-state index in [1.807, 2.05) is 0 Å². The highest BCUT2D eigenvalue weighted by atomic mass is 35.5. The first-order valence-electron chi connectivity index (χ1n) is 6.71. The smallest absolute Gasteiger partial charge is 0.168 e. The third-order valence-electron chi connectivity index (χ3n) is 3.80. The predicted octanol–water partition coefficient (Wildman–Crippen LogP) is 4.19. The second-order valence-corrected chi connectivity index (χ2v) is 6.11. The van der Waals surface area contributed by atoms with Gasteiger partial charge < -0.3 is 5.11 Å². The van der Waals surface area contributed by atoms with Crippen LogP contribution in [0.15, 0.2) is 18.2 Å². The summed E-state index contributed by atoms with van der Waals surface area (Å²) in [6.45, 7) is 0. The molecule has 1 aromatic carbocycles. The number of hydrogen-bond donors (Lipinski definition) is 1. The van der Waals surface area contributed by atoms with Gasteiger partial charge in [0.05, 0.1) is 10.0 Å². The van der Waals surface area contributed by atoms with E-state index in [-0.39, 0.29) is 12.2 Å². The van der Waals surface area contributed by atoms with E-state index in [0.29, 0.717) is 22.9 Å². The molecule has 104 valence electrons. The molecule has 1 saturated carbocycles. The lowest BCUT2D eigenvalue weighted by Gasteiger charge is -2.25. The first kappa shape index (κ1) is 14.8. The summed E-state index contributed by atoms with van der Waals surface area (Å²) in [5.41, 5.74) is -0.347. The Kier molecular flexibility index (Phi) is 4.88. The van der Waals surface area contributed by atoms with Crippen LogP contribution in [0.1, 0.15) is 44.1 Å². The van der Waals surface area contributed by atoms with Crippen molar-refractivity contribution in [1.29, 1.82) is 0 Å². The number of carbonyl (C=O) groups excluding carboxylic acids is 1. The van der Waals surface area contributed by atoms with E-state index < -0.39 is 5.60 Å². The Morgan fingerprint density at radius 1 is 1.11 bits per heavy atom. The first-order valence-corrected chi connectivity index (χ1v) is 7.46. The fraction of sp³-hybridized carbons (Fsp3) is 0.533. The molecule has 0 aliphatic heterocycles. The number of carbonyl (C=O) groups is 1. The van der Waals surface area contributed by atoms with Crippen LogP contribution in [0, 0.1) is 0 Å². The number of benzene rings is 1. The summed E-state index contributed by atoms with van der Waals surface area (Å²) in [7, 11) is 0. The molecule has 1 N–H and O–H groups in total. The molecular weight excluding hydrogens is 283 g/mol. The minimum atomic E-state index is -1.15. The summed E-state index contributed by atoms with van der Waals surface area (Å²) in [5.74, 6) is -0.104. The minimum absolute atomic E-state index is 0.104. The predicted molar refractivity (Wildman–Crippen MR) is 77.8 cm³/mol. The SMILES string of the molecule is O=C(Cc1ccc(Cl)c(Cl)c1)C1(O)CCCCCC1. The fourth-order valence-corrected chi connectivity index (χ4v) is 2.91. The number of rotatable bonds is 3. The topological polar surface area (TPSA) is 37.3 Å². The zero-order valence-corrected chi connectivity index (χ0v) is 12.3. The number of ketones is 1. The molecular formula is C15H18Cl2O2. The molecule has 0 atom stereocenters. The van der Waals surface area contributed by atoms with Gasteiger partial charge in [-0.25, -0.2) is 0 Å². The minimum Gasteiger partial charge on any atom is -0.382 e. The number of aliphatic hydroxyl groups is 1. The van der Waals surface area contributed by atoms with Gasteiger partial charge in [-0.3, -0.25) is 4.79 Å². The molecule has 0 amide bonds. The molecule has 1 fully saturated rings. The fourth-order valence-electron chi connectivity index (χ4n) is 2.59. The van der Waals surface area contributed by atoms with Crippen molar-refractivity contribution in [2.45, 2.75) is 50.5 Å². The van der Waals surface area contributed by atoms with Gasteiger partial charge in [0, 0.05) is 6.42 Å². The van der Waals surface area contributed by atoms with E-state index in [1.165, 1.54) is 0 Å². The van der Waals surface area contributed by atoms with Gasteiger partial charge in [0.15, 0.2) is 5.78 Å². The van der Waals surface area contributed by atoms with Gasteiger partial charge in [-0.1, -0.05) is 55.0 Å². The van der Waals surface area contributed by atoms with E-state index in [4.69, 9.17) is 23.2 Å². The van der Waals surface area contributed by atoms with Gasteiger partial charge >= 0.3 is 0 Å². The number of halogens is 2. The highest BCUT2D eigenvalue weighted by molar-refractivity contribution is 6.42. The summed E-state index contributed by atoms with van der Waals surface area (Å²) in [5, 5.41) is 11.4. The molecule has 1 aliphatic carbocycles. The Morgan fingerprint density at radius 2 is 1.74 bits per heavy atom. The van der Waals surface area contributed by atoms with Gasteiger partial charge in [-0.05, 0) is 30.5 Å². The van der Waals surface area contributed by atoms with Gasteiger partial charge in [-0.15, -0.1) is 0 Å². The lowest BCUT2D eigenvalue weighted by atomic mass is 9.86. The van der Waals surface area contributed by atoms with Crippen LogP contribution in [0.5, 0.6) is 0 Å². The van der Waals surface area contributed by atoms with Crippen molar-refractivity contribution in [3.05, 3.63) is 33.8 Å². The molecule has 0 heterocycles. The molecule has 0 bridgehead atoms. The molecule has 0 radical (unpaired) electrons. The van der Waals surface area contributed by atoms with Crippen molar-refractivity contribution in [2.75, 3.05) is 0 Å². The van der Waals surface area contributed by atoms with Crippen molar-refractivity contribution < 1.29 is 9.90 Å². The monoisotopic (exact) mass is 300 g/mol. The van der Waals surface area contributed by atoms with Crippen LogP contribution < -0.4 is 0 Å². The average Bonchev–Trinajstić information content (AvgIpc) is 2.60. The van der Waals surface area contributed by atoms with Crippen LogP contribution in [0.2, 0.25) is 10.0 Å². The van der Waals surface area contributed by atoms with Crippen LogP contribution in [0.4, 0.5) is 0 Å². The molecule has 0 spiro atoms. The van der Waals surface area contributed by atoms with E-state index in [2.05, 4.69) is 0 Å². The van der Waals surface area contributed by atoms with Gasteiger partial charge in [0.2, 0.25) is 0 Å². The Bertz CT molecular complexity index is 463. The summed E-state index contributed by atoms with van der Waals surface area (Å²) in [6, 6.07) is 5.16. The van der Waals surface area contributed by atoms with Crippen molar-refractivity contribution in [1.82, 2.24) is 0 Å². The molecule has 19 heavy (non-hydrogen) atoms. The van der Waals surface area contributed by atoms with Crippen molar-refractivity contribution in [2.24, 2.45) is 0 Å². The number of hydrogen-bond acceptors (Lipinski definition) is 2. The average molecular weight is 301 g/mol. The van der Waals surface area contributed by atoms with Crippen LogP contribution in [0.3, 0.4) is 0 Å².